The number of hydrogen-bond acceptors (Lipinski definition) is 4. The van der Waals surface area contributed by atoms with Gasteiger partial charge in [-0.05, 0) is 56.7 Å². The molecule has 0 amide bonds. The van der Waals surface area contributed by atoms with Crippen LogP contribution in [0.5, 0.6) is 0 Å². The highest BCUT2D eigenvalue weighted by molar-refractivity contribution is 5.17. The Hall–Kier alpha value is -1.69. The molecule has 3 aliphatic rings. The van der Waals surface area contributed by atoms with Crippen LogP contribution in [0.2, 0.25) is 0 Å². The van der Waals surface area contributed by atoms with E-state index in [-0.39, 0.29) is 6.23 Å². The fraction of sp³-hybridized carbons (Fsp3) is 0.609. The second-order valence-corrected chi connectivity index (χ2v) is 8.65. The molecule has 5 nitrogen and oxygen atoms in total. The molecule has 0 saturated carbocycles. The third-order valence-electron chi connectivity index (χ3n) is 6.77. The Balaban J connectivity index is 1.34. The van der Waals surface area contributed by atoms with Crippen LogP contribution in [-0.2, 0) is 17.7 Å². The lowest BCUT2D eigenvalue weighted by atomic mass is 9.99. The maximum Gasteiger partial charge on any atom is 0.150 e. The molecule has 3 saturated heterocycles. The van der Waals surface area contributed by atoms with Crippen LogP contribution in [0.4, 0.5) is 0 Å². The summed E-state index contributed by atoms with van der Waals surface area (Å²) in [4.78, 5) is 5.45. The molecule has 5 heteroatoms. The number of nitrogens with zero attached hydrogens (tertiary/aromatic N) is 4. The van der Waals surface area contributed by atoms with Crippen molar-refractivity contribution in [2.24, 2.45) is 0 Å². The fourth-order valence-corrected chi connectivity index (χ4v) is 5.27. The summed E-state index contributed by atoms with van der Waals surface area (Å²) in [7, 11) is 0. The van der Waals surface area contributed by atoms with E-state index in [9.17, 15) is 0 Å². The van der Waals surface area contributed by atoms with Gasteiger partial charge in [-0.15, -0.1) is 0 Å². The van der Waals surface area contributed by atoms with Gasteiger partial charge in [-0.3, -0.25) is 9.80 Å². The van der Waals surface area contributed by atoms with Gasteiger partial charge in [0.05, 0.1) is 5.69 Å². The summed E-state index contributed by atoms with van der Waals surface area (Å²) in [5.74, 6) is 0. The summed E-state index contributed by atoms with van der Waals surface area (Å²) in [6.07, 6.45) is 9.39. The average molecular weight is 381 g/mol. The monoisotopic (exact) mass is 380 g/mol. The summed E-state index contributed by atoms with van der Waals surface area (Å²) in [6.45, 7) is 5.47. The molecule has 0 unspecified atom stereocenters. The van der Waals surface area contributed by atoms with E-state index in [0.717, 1.165) is 32.0 Å². The Morgan fingerprint density at radius 1 is 1.00 bits per heavy atom. The van der Waals surface area contributed by atoms with Crippen molar-refractivity contribution >= 4 is 0 Å². The number of benzene rings is 1. The van der Waals surface area contributed by atoms with Gasteiger partial charge in [-0.2, -0.15) is 5.10 Å². The third-order valence-corrected chi connectivity index (χ3v) is 6.77. The minimum absolute atomic E-state index is 0.124. The summed E-state index contributed by atoms with van der Waals surface area (Å²) in [6, 6.07) is 14.5. The van der Waals surface area contributed by atoms with E-state index in [1.165, 1.54) is 56.6 Å². The summed E-state index contributed by atoms with van der Waals surface area (Å²) in [5, 5.41) is 4.64. The van der Waals surface area contributed by atoms with Crippen LogP contribution < -0.4 is 0 Å². The van der Waals surface area contributed by atoms with E-state index in [1.54, 1.807) is 0 Å². The number of fused-ring (bicyclic) bond motifs is 1. The lowest BCUT2D eigenvalue weighted by molar-refractivity contribution is -0.0434. The SMILES string of the molecule is c1ccc(C[C@H]2CN3CCC[C@H]3CN2Cc2ccnn2[C@H]2CCCCO2)cc1. The first-order valence-corrected chi connectivity index (χ1v) is 11.0. The highest BCUT2D eigenvalue weighted by Crippen LogP contribution is 2.29. The Labute approximate surface area is 168 Å². The van der Waals surface area contributed by atoms with Crippen molar-refractivity contribution in [2.45, 2.75) is 63.4 Å². The zero-order valence-electron chi connectivity index (χ0n) is 16.7. The Morgan fingerprint density at radius 3 is 2.79 bits per heavy atom. The molecule has 2 aromatic rings. The van der Waals surface area contributed by atoms with E-state index in [0.29, 0.717) is 6.04 Å². The van der Waals surface area contributed by atoms with Gasteiger partial charge in [0.1, 0.15) is 0 Å². The van der Waals surface area contributed by atoms with Crippen molar-refractivity contribution in [3.8, 4) is 0 Å². The summed E-state index contributed by atoms with van der Waals surface area (Å²) >= 11 is 0. The molecule has 3 fully saturated rings. The van der Waals surface area contributed by atoms with Gasteiger partial charge in [0.2, 0.25) is 0 Å². The zero-order valence-corrected chi connectivity index (χ0v) is 16.7. The molecule has 0 N–H and O–H groups in total. The quantitative estimate of drug-likeness (QED) is 0.795. The molecule has 0 radical (unpaired) electrons. The minimum atomic E-state index is 0.124. The standard InChI is InChI=1S/C23H32N4O/c1-2-7-19(8-3-1)15-22-18-25-13-6-9-20(25)16-26(22)17-21-11-12-24-27(21)23-10-4-5-14-28-23/h1-3,7-8,11-12,20,22-23H,4-6,9-10,13-18H2/t20-,22-,23+/m0/s1. The first kappa shape index (κ1) is 18.3. The Bertz CT molecular complexity index is 755. The average Bonchev–Trinajstić information content (AvgIpc) is 3.39. The molecule has 0 spiro atoms. The van der Waals surface area contributed by atoms with Crippen molar-refractivity contribution in [3.63, 3.8) is 0 Å². The molecule has 1 aromatic heterocycles. The maximum atomic E-state index is 6.02. The molecule has 4 heterocycles. The Kier molecular flexibility index (Phi) is 5.47. The topological polar surface area (TPSA) is 33.5 Å². The van der Waals surface area contributed by atoms with Crippen LogP contribution >= 0.6 is 0 Å². The van der Waals surface area contributed by atoms with E-state index in [4.69, 9.17) is 4.74 Å². The lowest BCUT2D eigenvalue weighted by Gasteiger charge is -2.44. The van der Waals surface area contributed by atoms with E-state index >= 15 is 0 Å². The maximum absolute atomic E-state index is 6.02. The van der Waals surface area contributed by atoms with Gasteiger partial charge in [-0.1, -0.05) is 30.3 Å². The molecule has 3 aliphatic heterocycles. The number of aromatic nitrogens is 2. The van der Waals surface area contributed by atoms with Crippen molar-refractivity contribution in [2.75, 3.05) is 26.2 Å². The molecular weight excluding hydrogens is 348 g/mol. The third kappa shape index (κ3) is 3.88. The smallest absolute Gasteiger partial charge is 0.150 e. The predicted octanol–water partition coefficient (Wildman–Crippen LogP) is 3.47. The van der Waals surface area contributed by atoms with Crippen LogP contribution in [0.15, 0.2) is 42.6 Å². The van der Waals surface area contributed by atoms with Crippen LogP contribution in [0.1, 0.15) is 49.6 Å². The van der Waals surface area contributed by atoms with E-state index < -0.39 is 0 Å². The predicted molar refractivity (Wildman–Crippen MR) is 110 cm³/mol. The largest absolute Gasteiger partial charge is 0.357 e. The van der Waals surface area contributed by atoms with Crippen LogP contribution in [-0.4, -0.2) is 57.9 Å². The van der Waals surface area contributed by atoms with Gasteiger partial charge < -0.3 is 4.74 Å². The van der Waals surface area contributed by atoms with Crippen LogP contribution in [0.3, 0.4) is 0 Å². The molecule has 3 atom stereocenters. The second kappa shape index (κ2) is 8.36. The number of piperazine rings is 1. The van der Waals surface area contributed by atoms with Crippen molar-refractivity contribution in [3.05, 3.63) is 53.9 Å². The van der Waals surface area contributed by atoms with E-state index in [1.807, 2.05) is 6.20 Å². The number of ether oxygens (including phenoxy) is 1. The molecule has 0 aliphatic carbocycles. The number of rotatable bonds is 5. The lowest BCUT2D eigenvalue weighted by Crippen LogP contribution is -2.56. The number of hydrogen-bond donors (Lipinski definition) is 0. The summed E-state index contributed by atoms with van der Waals surface area (Å²) in [5.41, 5.74) is 2.75. The molecule has 150 valence electrons. The fourth-order valence-electron chi connectivity index (χ4n) is 5.27. The van der Waals surface area contributed by atoms with Crippen LogP contribution in [0, 0.1) is 0 Å². The molecule has 28 heavy (non-hydrogen) atoms. The minimum Gasteiger partial charge on any atom is -0.357 e. The normalized spacial score (nSPS) is 29.1. The van der Waals surface area contributed by atoms with Crippen LogP contribution in [0.25, 0.3) is 0 Å². The first-order chi connectivity index (χ1) is 13.9. The summed E-state index contributed by atoms with van der Waals surface area (Å²) < 4.78 is 8.17. The van der Waals surface area contributed by atoms with Crippen molar-refractivity contribution in [1.29, 1.82) is 0 Å². The van der Waals surface area contributed by atoms with Crippen molar-refractivity contribution in [1.82, 2.24) is 19.6 Å². The molecule has 1 aromatic carbocycles. The Morgan fingerprint density at radius 2 is 1.93 bits per heavy atom. The van der Waals surface area contributed by atoms with Gasteiger partial charge in [-0.25, -0.2) is 4.68 Å². The van der Waals surface area contributed by atoms with Crippen molar-refractivity contribution < 1.29 is 4.74 Å². The zero-order chi connectivity index (χ0) is 18.8. The van der Waals surface area contributed by atoms with Gasteiger partial charge >= 0.3 is 0 Å². The molecule has 0 bridgehead atoms. The van der Waals surface area contributed by atoms with Gasteiger partial charge in [0.15, 0.2) is 6.23 Å². The molecule has 5 rings (SSSR count). The van der Waals surface area contributed by atoms with E-state index in [2.05, 4.69) is 56.0 Å². The highest BCUT2D eigenvalue weighted by Gasteiger charge is 2.36. The highest BCUT2D eigenvalue weighted by atomic mass is 16.5. The van der Waals surface area contributed by atoms with Gasteiger partial charge in [0, 0.05) is 44.5 Å². The first-order valence-electron chi connectivity index (χ1n) is 11.0. The van der Waals surface area contributed by atoms with Gasteiger partial charge in [0.25, 0.3) is 0 Å². The second-order valence-electron chi connectivity index (χ2n) is 8.65. The molecular formula is C23H32N4O.